The highest BCUT2D eigenvalue weighted by atomic mass is 28.3. The van der Waals surface area contributed by atoms with Gasteiger partial charge in [0.2, 0.25) is 0 Å². The Hall–Kier alpha value is -1.29. The summed E-state index contributed by atoms with van der Waals surface area (Å²) >= 11 is 0. The maximum Gasteiger partial charge on any atom is 0.315 e. The SMILES string of the molecule is C[Si](C)(C)CCCNC(=O)NCc1ccccc1. The highest BCUT2D eigenvalue weighted by Crippen LogP contribution is 2.09. The van der Waals surface area contributed by atoms with Gasteiger partial charge < -0.3 is 10.6 Å². The minimum absolute atomic E-state index is 0.0746. The molecule has 18 heavy (non-hydrogen) atoms. The zero-order valence-electron chi connectivity index (χ0n) is 11.6. The van der Waals surface area contributed by atoms with Gasteiger partial charge in [-0.15, -0.1) is 0 Å². The van der Waals surface area contributed by atoms with Crippen molar-refractivity contribution >= 4 is 14.1 Å². The third-order valence-electron chi connectivity index (χ3n) is 2.69. The molecule has 1 rings (SSSR count). The van der Waals surface area contributed by atoms with Gasteiger partial charge in [0, 0.05) is 21.2 Å². The first-order valence-electron chi connectivity index (χ1n) is 6.53. The Morgan fingerprint density at radius 3 is 2.39 bits per heavy atom. The van der Waals surface area contributed by atoms with E-state index in [0.29, 0.717) is 6.54 Å². The molecular formula is C14H24N2OSi. The minimum Gasteiger partial charge on any atom is -0.338 e. The molecule has 1 aromatic rings. The van der Waals surface area contributed by atoms with Gasteiger partial charge in [-0.25, -0.2) is 4.79 Å². The van der Waals surface area contributed by atoms with Crippen LogP contribution in [-0.4, -0.2) is 20.6 Å². The molecule has 2 amide bonds. The van der Waals surface area contributed by atoms with Gasteiger partial charge in [0.05, 0.1) is 0 Å². The molecule has 0 bridgehead atoms. The topological polar surface area (TPSA) is 41.1 Å². The molecule has 2 N–H and O–H groups in total. The number of amides is 2. The molecule has 0 fully saturated rings. The molecule has 0 saturated heterocycles. The van der Waals surface area contributed by atoms with Crippen LogP contribution in [0.15, 0.2) is 30.3 Å². The lowest BCUT2D eigenvalue weighted by Crippen LogP contribution is -2.36. The quantitative estimate of drug-likeness (QED) is 0.601. The molecule has 100 valence electrons. The van der Waals surface area contributed by atoms with Crippen molar-refractivity contribution in [2.45, 2.75) is 38.7 Å². The van der Waals surface area contributed by atoms with Gasteiger partial charge in [0.15, 0.2) is 0 Å². The Kier molecular flexibility index (Phi) is 5.91. The van der Waals surface area contributed by atoms with Gasteiger partial charge in [0.25, 0.3) is 0 Å². The van der Waals surface area contributed by atoms with Crippen molar-refractivity contribution in [3.8, 4) is 0 Å². The largest absolute Gasteiger partial charge is 0.338 e. The number of benzene rings is 1. The van der Waals surface area contributed by atoms with Crippen molar-refractivity contribution in [2.24, 2.45) is 0 Å². The van der Waals surface area contributed by atoms with E-state index in [4.69, 9.17) is 0 Å². The first-order valence-corrected chi connectivity index (χ1v) is 10.2. The summed E-state index contributed by atoms with van der Waals surface area (Å²) < 4.78 is 0. The second-order valence-electron chi connectivity index (χ2n) is 5.76. The Labute approximate surface area is 111 Å². The summed E-state index contributed by atoms with van der Waals surface area (Å²) in [7, 11) is -0.972. The molecule has 4 heteroatoms. The summed E-state index contributed by atoms with van der Waals surface area (Å²) in [5.41, 5.74) is 1.12. The number of urea groups is 1. The molecule has 0 radical (unpaired) electrons. The molecule has 0 aliphatic carbocycles. The Balaban J connectivity index is 2.11. The van der Waals surface area contributed by atoms with Crippen molar-refractivity contribution < 1.29 is 4.79 Å². The maximum absolute atomic E-state index is 11.5. The first-order chi connectivity index (χ1) is 8.47. The highest BCUT2D eigenvalue weighted by molar-refractivity contribution is 6.76. The molecule has 0 spiro atoms. The summed E-state index contributed by atoms with van der Waals surface area (Å²) in [6.07, 6.45) is 1.08. The van der Waals surface area contributed by atoms with Crippen molar-refractivity contribution in [3.63, 3.8) is 0 Å². The second-order valence-corrected chi connectivity index (χ2v) is 11.4. The van der Waals surface area contributed by atoms with Crippen molar-refractivity contribution in [3.05, 3.63) is 35.9 Å². The Morgan fingerprint density at radius 2 is 1.78 bits per heavy atom. The minimum atomic E-state index is -0.972. The summed E-state index contributed by atoms with van der Waals surface area (Å²) in [4.78, 5) is 11.5. The van der Waals surface area contributed by atoms with Crippen molar-refractivity contribution in [1.29, 1.82) is 0 Å². The first kappa shape index (κ1) is 14.8. The van der Waals surface area contributed by atoms with Crippen LogP contribution in [0.4, 0.5) is 4.79 Å². The third-order valence-corrected chi connectivity index (χ3v) is 4.54. The van der Waals surface area contributed by atoms with Gasteiger partial charge in [-0.05, 0) is 12.0 Å². The van der Waals surface area contributed by atoms with Crippen LogP contribution in [0, 0.1) is 0 Å². The molecule has 0 aromatic heterocycles. The second kappa shape index (κ2) is 7.21. The number of carbonyl (C=O) groups excluding carboxylic acids is 1. The van der Waals surface area contributed by atoms with Crippen LogP contribution in [0.25, 0.3) is 0 Å². The summed E-state index contributed by atoms with van der Waals surface area (Å²) in [5.74, 6) is 0. The lowest BCUT2D eigenvalue weighted by Gasteiger charge is -2.15. The molecule has 0 atom stereocenters. The van der Waals surface area contributed by atoms with Crippen molar-refractivity contribution in [2.75, 3.05) is 6.54 Å². The van der Waals surface area contributed by atoms with E-state index in [2.05, 4.69) is 30.3 Å². The van der Waals surface area contributed by atoms with E-state index in [-0.39, 0.29) is 6.03 Å². The van der Waals surface area contributed by atoms with Crippen LogP contribution in [0.2, 0.25) is 25.7 Å². The molecule has 0 saturated carbocycles. The number of nitrogens with one attached hydrogen (secondary N) is 2. The lowest BCUT2D eigenvalue weighted by molar-refractivity contribution is 0.240. The zero-order valence-corrected chi connectivity index (χ0v) is 12.6. The monoisotopic (exact) mass is 264 g/mol. The number of hydrogen-bond donors (Lipinski definition) is 2. The summed E-state index contributed by atoms with van der Waals surface area (Å²) in [6, 6.07) is 11.1. The molecule has 1 aromatic carbocycles. The number of rotatable bonds is 6. The molecular weight excluding hydrogens is 240 g/mol. The normalized spacial score (nSPS) is 11.1. The van der Waals surface area contributed by atoms with E-state index >= 15 is 0 Å². The van der Waals surface area contributed by atoms with Gasteiger partial charge in [-0.3, -0.25) is 0 Å². The highest BCUT2D eigenvalue weighted by Gasteiger charge is 2.11. The van der Waals surface area contributed by atoms with E-state index in [1.165, 1.54) is 6.04 Å². The molecule has 0 unspecified atom stereocenters. The Morgan fingerprint density at radius 1 is 1.11 bits per heavy atom. The predicted octanol–water partition coefficient (Wildman–Crippen LogP) is 3.21. The number of hydrogen-bond acceptors (Lipinski definition) is 1. The fraction of sp³-hybridized carbons (Fsp3) is 0.500. The molecule has 0 aliphatic rings. The van der Waals surface area contributed by atoms with Crippen LogP contribution in [-0.2, 0) is 6.54 Å². The van der Waals surface area contributed by atoms with E-state index in [9.17, 15) is 4.79 Å². The van der Waals surface area contributed by atoms with Crippen LogP contribution >= 0.6 is 0 Å². The Bertz CT molecular complexity index is 360. The van der Waals surface area contributed by atoms with Gasteiger partial charge in [-0.1, -0.05) is 56.0 Å². The average molecular weight is 264 g/mol. The van der Waals surface area contributed by atoms with Crippen LogP contribution in [0.1, 0.15) is 12.0 Å². The van der Waals surface area contributed by atoms with E-state index in [1.807, 2.05) is 30.3 Å². The van der Waals surface area contributed by atoms with E-state index < -0.39 is 8.07 Å². The smallest absolute Gasteiger partial charge is 0.315 e. The number of carbonyl (C=O) groups is 1. The molecule has 0 heterocycles. The third kappa shape index (κ3) is 7.11. The molecule has 3 nitrogen and oxygen atoms in total. The van der Waals surface area contributed by atoms with Crippen LogP contribution < -0.4 is 10.6 Å². The van der Waals surface area contributed by atoms with E-state index in [1.54, 1.807) is 0 Å². The lowest BCUT2D eigenvalue weighted by atomic mass is 10.2. The van der Waals surface area contributed by atoms with Crippen LogP contribution in [0.5, 0.6) is 0 Å². The summed E-state index contributed by atoms with van der Waals surface area (Å²) in [6.45, 7) is 8.40. The standard InChI is InChI=1S/C14H24N2OSi/c1-18(2,3)11-7-10-15-14(17)16-12-13-8-5-4-6-9-13/h4-6,8-9H,7,10-12H2,1-3H3,(H2,15,16,17). The van der Waals surface area contributed by atoms with Gasteiger partial charge in [-0.2, -0.15) is 0 Å². The predicted molar refractivity (Wildman–Crippen MR) is 79.5 cm³/mol. The maximum atomic E-state index is 11.5. The van der Waals surface area contributed by atoms with Crippen molar-refractivity contribution in [1.82, 2.24) is 10.6 Å². The van der Waals surface area contributed by atoms with E-state index in [0.717, 1.165) is 18.5 Å². The van der Waals surface area contributed by atoms with Gasteiger partial charge >= 0.3 is 6.03 Å². The summed E-state index contributed by atoms with van der Waals surface area (Å²) in [5, 5.41) is 5.76. The fourth-order valence-electron chi connectivity index (χ4n) is 1.66. The molecule has 0 aliphatic heterocycles. The average Bonchev–Trinajstić information content (AvgIpc) is 2.32. The zero-order chi connectivity index (χ0) is 13.4. The van der Waals surface area contributed by atoms with Crippen LogP contribution in [0.3, 0.4) is 0 Å². The fourth-order valence-corrected chi connectivity index (χ4v) is 2.90. The van der Waals surface area contributed by atoms with Gasteiger partial charge in [0.1, 0.15) is 0 Å².